The number of carbonyl (C=O) groups excluding carboxylic acids is 4. The van der Waals surface area contributed by atoms with Crippen LogP contribution in [-0.4, -0.2) is 84.7 Å². The highest BCUT2D eigenvalue weighted by Crippen LogP contribution is 2.28. The van der Waals surface area contributed by atoms with Crippen molar-refractivity contribution in [3.63, 3.8) is 0 Å². The molecule has 0 unspecified atom stereocenters. The first-order valence-electron chi connectivity index (χ1n) is 11.2. The Morgan fingerprint density at radius 3 is 2.18 bits per heavy atom. The van der Waals surface area contributed by atoms with Crippen LogP contribution in [0.3, 0.4) is 0 Å². The molecule has 3 N–H and O–H groups in total. The van der Waals surface area contributed by atoms with Gasteiger partial charge in [-0.3, -0.25) is 24.6 Å². The van der Waals surface area contributed by atoms with Gasteiger partial charge in [0.05, 0.1) is 13.3 Å². The predicted octanol–water partition coefficient (Wildman–Crippen LogP) is 0.282. The van der Waals surface area contributed by atoms with Crippen LogP contribution < -0.4 is 15.5 Å². The molecule has 5 atom stereocenters. The summed E-state index contributed by atoms with van der Waals surface area (Å²) in [5, 5.41) is 16.4. The van der Waals surface area contributed by atoms with E-state index >= 15 is 0 Å². The van der Waals surface area contributed by atoms with Gasteiger partial charge in [0.25, 0.3) is 0 Å². The zero-order valence-electron chi connectivity index (χ0n) is 21.3. The number of esters is 4. The summed E-state index contributed by atoms with van der Waals surface area (Å²) in [7, 11) is 1.40. The molecule has 0 aromatic heterocycles. The minimum Gasteiger partial charge on any atom is -0.504 e. The third-order valence-electron chi connectivity index (χ3n) is 4.85. The molecule has 1 aliphatic rings. The Labute approximate surface area is 223 Å². The number of thiocarbonyl (C=S) groups is 1. The number of phenolic OH excluding ortho intramolecular Hbond substituents is 1. The van der Waals surface area contributed by atoms with Crippen molar-refractivity contribution in [2.45, 2.75) is 58.3 Å². The summed E-state index contributed by atoms with van der Waals surface area (Å²) in [5.41, 5.74) is 3.13. The molecule has 15 heteroatoms. The van der Waals surface area contributed by atoms with Gasteiger partial charge in [-0.2, -0.15) is 5.10 Å². The van der Waals surface area contributed by atoms with Crippen LogP contribution in [0.4, 0.5) is 0 Å². The normalized spacial score (nSPS) is 22.6. The van der Waals surface area contributed by atoms with Crippen molar-refractivity contribution in [3.8, 4) is 11.5 Å². The molecule has 14 nitrogen and oxygen atoms in total. The van der Waals surface area contributed by atoms with Gasteiger partial charge in [-0.05, 0) is 36.0 Å². The molecule has 38 heavy (non-hydrogen) atoms. The number of nitrogens with zero attached hydrogens (tertiary/aromatic N) is 1. The Morgan fingerprint density at radius 2 is 1.61 bits per heavy atom. The number of aromatic hydroxyl groups is 1. The Balaban J connectivity index is 2.28. The summed E-state index contributed by atoms with van der Waals surface area (Å²) in [4.78, 5) is 47.0. The quantitative estimate of drug-likeness (QED) is 0.124. The molecule has 1 aromatic carbocycles. The van der Waals surface area contributed by atoms with Gasteiger partial charge in [-0.15, -0.1) is 0 Å². The monoisotopic (exact) mass is 555 g/mol. The van der Waals surface area contributed by atoms with Crippen molar-refractivity contribution in [3.05, 3.63) is 23.8 Å². The number of nitrogens with one attached hydrogen (secondary N) is 2. The third kappa shape index (κ3) is 9.15. The molecule has 0 bridgehead atoms. The lowest BCUT2D eigenvalue weighted by molar-refractivity contribution is -0.254. The SMILES string of the molecule is COc1cc(/C=N/NC(=S)N[C@@H]2O[C@H](COC(C)=O)[C@H](OC(C)=O)[C@H](OC(C)=O)[C@H]2OC(C)=O)ccc1O. The zero-order chi connectivity index (χ0) is 28.4. The topological polar surface area (TPSA) is 180 Å². The van der Waals surface area contributed by atoms with E-state index in [1.165, 1.54) is 32.4 Å². The van der Waals surface area contributed by atoms with Crippen LogP contribution >= 0.6 is 12.2 Å². The summed E-state index contributed by atoms with van der Waals surface area (Å²) in [5.74, 6) is -2.69. The minimum absolute atomic E-state index is 0.0431. The van der Waals surface area contributed by atoms with Crippen LogP contribution in [0.15, 0.2) is 23.3 Å². The average Bonchev–Trinajstić information content (AvgIpc) is 2.81. The summed E-state index contributed by atoms with van der Waals surface area (Å²) in [6.45, 7) is 4.16. The van der Waals surface area contributed by atoms with Crippen molar-refractivity contribution in [1.82, 2.24) is 10.7 Å². The lowest BCUT2D eigenvalue weighted by Crippen LogP contribution is -2.66. The van der Waals surface area contributed by atoms with Crippen molar-refractivity contribution in [2.24, 2.45) is 5.10 Å². The van der Waals surface area contributed by atoms with E-state index in [2.05, 4.69) is 15.8 Å². The molecule has 1 aromatic rings. The summed E-state index contributed by atoms with van der Waals surface area (Å²) in [6.07, 6.45) is -4.96. The maximum absolute atomic E-state index is 11.9. The number of phenols is 1. The fourth-order valence-electron chi connectivity index (χ4n) is 3.45. The molecule has 1 heterocycles. The highest BCUT2D eigenvalue weighted by atomic mass is 32.1. The van der Waals surface area contributed by atoms with E-state index in [9.17, 15) is 24.3 Å². The van der Waals surface area contributed by atoms with Gasteiger partial charge in [0.2, 0.25) is 0 Å². The Morgan fingerprint density at radius 1 is 1.00 bits per heavy atom. The van der Waals surface area contributed by atoms with Crippen LogP contribution in [0.2, 0.25) is 0 Å². The van der Waals surface area contributed by atoms with E-state index < -0.39 is 54.5 Å². The van der Waals surface area contributed by atoms with Crippen molar-refractivity contribution in [1.29, 1.82) is 0 Å². The molecule has 1 fully saturated rings. The molecule has 1 saturated heterocycles. The van der Waals surface area contributed by atoms with E-state index in [0.29, 0.717) is 5.56 Å². The first-order valence-corrected chi connectivity index (χ1v) is 11.6. The molecular formula is C23H29N3O11S. The second-order valence-electron chi connectivity index (χ2n) is 7.89. The lowest BCUT2D eigenvalue weighted by atomic mass is 9.97. The van der Waals surface area contributed by atoms with Crippen LogP contribution in [0.25, 0.3) is 0 Å². The maximum atomic E-state index is 11.9. The highest BCUT2D eigenvalue weighted by Gasteiger charge is 2.52. The van der Waals surface area contributed by atoms with Crippen LogP contribution in [0.1, 0.15) is 33.3 Å². The molecule has 0 amide bonds. The van der Waals surface area contributed by atoms with Crippen LogP contribution in [-0.2, 0) is 42.9 Å². The van der Waals surface area contributed by atoms with Crippen molar-refractivity contribution in [2.75, 3.05) is 13.7 Å². The maximum Gasteiger partial charge on any atom is 0.303 e. The Bertz CT molecular complexity index is 1080. The molecule has 2 rings (SSSR count). The van der Waals surface area contributed by atoms with Gasteiger partial charge >= 0.3 is 23.9 Å². The van der Waals surface area contributed by atoms with Gasteiger partial charge in [0.15, 0.2) is 41.2 Å². The summed E-state index contributed by atoms with van der Waals surface area (Å²) in [6, 6.07) is 4.55. The Kier molecular flexibility index (Phi) is 11.2. The fourth-order valence-corrected chi connectivity index (χ4v) is 3.61. The van der Waals surface area contributed by atoms with E-state index in [1.807, 2.05) is 0 Å². The average molecular weight is 556 g/mol. The van der Waals surface area contributed by atoms with E-state index in [-0.39, 0.29) is 23.2 Å². The molecular weight excluding hydrogens is 526 g/mol. The van der Waals surface area contributed by atoms with Gasteiger partial charge in [0, 0.05) is 27.7 Å². The number of rotatable bonds is 9. The molecule has 1 aliphatic heterocycles. The van der Waals surface area contributed by atoms with Gasteiger partial charge in [0.1, 0.15) is 12.7 Å². The molecule has 208 valence electrons. The van der Waals surface area contributed by atoms with Crippen molar-refractivity contribution < 1.29 is 52.7 Å². The highest BCUT2D eigenvalue weighted by molar-refractivity contribution is 7.80. The molecule has 0 spiro atoms. The zero-order valence-corrected chi connectivity index (χ0v) is 22.1. The minimum atomic E-state index is -1.34. The summed E-state index contributed by atoms with van der Waals surface area (Å²) >= 11 is 5.26. The number of hydrogen-bond acceptors (Lipinski definition) is 13. The molecule has 0 aliphatic carbocycles. The van der Waals surface area contributed by atoms with E-state index in [4.69, 9.17) is 40.6 Å². The number of ether oxygens (including phenoxy) is 6. The Hall–Kier alpha value is -3.98. The largest absolute Gasteiger partial charge is 0.504 e. The number of hydrogen-bond donors (Lipinski definition) is 3. The third-order valence-corrected chi connectivity index (χ3v) is 5.06. The van der Waals surface area contributed by atoms with Gasteiger partial charge in [-0.25, -0.2) is 0 Å². The van der Waals surface area contributed by atoms with Crippen LogP contribution in [0, 0.1) is 0 Å². The van der Waals surface area contributed by atoms with E-state index in [0.717, 1.165) is 20.8 Å². The number of benzene rings is 1. The van der Waals surface area contributed by atoms with Gasteiger partial charge in [-0.1, -0.05) is 0 Å². The molecule has 0 radical (unpaired) electrons. The first kappa shape index (κ1) is 30.2. The fraction of sp³-hybridized carbons (Fsp3) is 0.478. The van der Waals surface area contributed by atoms with Crippen LogP contribution in [0.5, 0.6) is 11.5 Å². The van der Waals surface area contributed by atoms with E-state index in [1.54, 1.807) is 6.07 Å². The predicted molar refractivity (Wildman–Crippen MR) is 133 cm³/mol. The first-order chi connectivity index (χ1) is 17.9. The van der Waals surface area contributed by atoms with Gasteiger partial charge < -0.3 is 38.8 Å². The number of hydrazone groups is 1. The second-order valence-corrected chi connectivity index (χ2v) is 8.30. The standard InChI is InChI=1S/C23H29N3O11S/c1-11(27)33-10-18-19(34-12(2)28)20(35-13(3)29)21(36-14(4)30)22(37-18)25-23(38)26-24-9-15-6-7-16(31)17(8-15)32-5/h6-9,18-22,31H,10H2,1-5H3,(H2,25,26,38)/b24-9+/t18-,19+,20+,21-,22-/m1/s1. The summed E-state index contributed by atoms with van der Waals surface area (Å²) < 4.78 is 32.0. The lowest BCUT2D eigenvalue weighted by Gasteiger charge is -2.44. The van der Waals surface area contributed by atoms with Crippen molar-refractivity contribution >= 4 is 47.4 Å². The smallest absolute Gasteiger partial charge is 0.303 e. The second kappa shape index (κ2) is 14.1. The number of carbonyl (C=O) groups is 4. The number of methoxy groups -OCH3 is 1. The molecule has 0 saturated carbocycles.